The highest BCUT2D eigenvalue weighted by Gasteiger charge is 2.07. The quantitative estimate of drug-likeness (QED) is 0.799. The average Bonchev–Trinajstić information content (AvgIpc) is 2.49. The van der Waals surface area contributed by atoms with Crippen LogP contribution in [0.2, 0.25) is 0 Å². The Morgan fingerprint density at radius 1 is 1.19 bits per heavy atom. The van der Waals surface area contributed by atoms with E-state index >= 15 is 0 Å². The third kappa shape index (κ3) is 4.42. The predicted octanol–water partition coefficient (Wildman–Crippen LogP) is 2.56. The zero-order valence-corrected chi connectivity index (χ0v) is 12.0. The summed E-state index contributed by atoms with van der Waals surface area (Å²) in [5.74, 6) is 0.981. The van der Waals surface area contributed by atoms with Crippen molar-refractivity contribution in [1.82, 2.24) is 10.2 Å². The lowest BCUT2D eigenvalue weighted by atomic mass is 10.1. The molecule has 1 amide bonds. The first kappa shape index (κ1) is 14.7. The molecule has 2 rings (SSSR count). The molecule has 5 nitrogen and oxygen atoms in total. The summed E-state index contributed by atoms with van der Waals surface area (Å²) in [6, 6.07) is 11.3. The van der Waals surface area contributed by atoms with Crippen LogP contribution >= 0.6 is 0 Å². The van der Waals surface area contributed by atoms with Gasteiger partial charge in [-0.15, -0.1) is 16.8 Å². The number of benzene rings is 1. The number of aromatic nitrogens is 2. The second-order valence-electron chi connectivity index (χ2n) is 4.62. The Balaban J connectivity index is 1.93. The van der Waals surface area contributed by atoms with Gasteiger partial charge < -0.3 is 10.6 Å². The fourth-order valence-corrected chi connectivity index (χ4v) is 1.84. The molecule has 1 heterocycles. The van der Waals surface area contributed by atoms with Gasteiger partial charge in [0.1, 0.15) is 5.82 Å². The molecule has 0 saturated carbocycles. The van der Waals surface area contributed by atoms with Crippen molar-refractivity contribution >= 4 is 17.5 Å². The molecule has 0 spiro atoms. The zero-order valence-electron chi connectivity index (χ0n) is 12.0. The first-order valence-corrected chi connectivity index (χ1v) is 6.72. The van der Waals surface area contributed by atoms with Crippen molar-refractivity contribution in [3.05, 3.63) is 60.2 Å². The van der Waals surface area contributed by atoms with E-state index in [1.807, 2.05) is 31.2 Å². The molecule has 0 aliphatic carbocycles. The van der Waals surface area contributed by atoms with Gasteiger partial charge >= 0.3 is 0 Å². The van der Waals surface area contributed by atoms with Crippen molar-refractivity contribution < 1.29 is 4.79 Å². The SMILES string of the molecule is C=CCNc1ccc(NC(=O)Cc2ccccc2C)nn1. The van der Waals surface area contributed by atoms with Gasteiger partial charge in [0.25, 0.3) is 0 Å². The molecular weight excluding hydrogens is 264 g/mol. The molecule has 0 fully saturated rings. The van der Waals surface area contributed by atoms with Crippen molar-refractivity contribution in [2.75, 3.05) is 17.2 Å². The predicted molar refractivity (Wildman–Crippen MR) is 84.2 cm³/mol. The Morgan fingerprint density at radius 3 is 2.57 bits per heavy atom. The lowest BCUT2D eigenvalue weighted by molar-refractivity contribution is -0.115. The molecule has 0 radical (unpaired) electrons. The molecule has 0 atom stereocenters. The molecule has 21 heavy (non-hydrogen) atoms. The van der Waals surface area contributed by atoms with E-state index in [0.29, 0.717) is 24.6 Å². The number of nitrogens with zero attached hydrogens (tertiary/aromatic N) is 2. The summed E-state index contributed by atoms with van der Waals surface area (Å²) in [6.07, 6.45) is 2.06. The van der Waals surface area contributed by atoms with E-state index in [-0.39, 0.29) is 5.91 Å². The molecule has 108 valence electrons. The number of nitrogens with one attached hydrogen (secondary N) is 2. The highest BCUT2D eigenvalue weighted by molar-refractivity contribution is 5.91. The number of carbonyl (C=O) groups is 1. The minimum absolute atomic E-state index is 0.106. The van der Waals surface area contributed by atoms with Crippen molar-refractivity contribution in [1.29, 1.82) is 0 Å². The van der Waals surface area contributed by atoms with Crippen LogP contribution in [0.3, 0.4) is 0 Å². The van der Waals surface area contributed by atoms with Crippen molar-refractivity contribution in [3.8, 4) is 0 Å². The molecule has 0 bridgehead atoms. The second-order valence-corrected chi connectivity index (χ2v) is 4.62. The summed E-state index contributed by atoms with van der Waals surface area (Å²) >= 11 is 0. The molecular formula is C16H18N4O. The van der Waals surface area contributed by atoms with Gasteiger partial charge in [-0.2, -0.15) is 0 Å². The minimum Gasteiger partial charge on any atom is -0.365 e. The van der Waals surface area contributed by atoms with Crippen LogP contribution in [0.5, 0.6) is 0 Å². The summed E-state index contributed by atoms with van der Waals surface area (Å²) in [7, 11) is 0. The van der Waals surface area contributed by atoms with E-state index in [2.05, 4.69) is 27.4 Å². The van der Waals surface area contributed by atoms with Crippen molar-refractivity contribution in [3.63, 3.8) is 0 Å². The van der Waals surface area contributed by atoms with Crippen molar-refractivity contribution in [2.45, 2.75) is 13.3 Å². The monoisotopic (exact) mass is 282 g/mol. The Morgan fingerprint density at radius 2 is 1.90 bits per heavy atom. The maximum absolute atomic E-state index is 12.0. The zero-order chi connectivity index (χ0) is 15.1. The molecule has 1 aromatic heterocycles. The van der Waals surface area contributed by atoms with Gasteiger partial charge in [-0.1, -0.05) is 30.3 Å². The van der Waals surface area contributed by atoms with Gasteiger partial charge in [-0.3, -0.25) is 4.79 Å². The molecule has 2 aromatic rings. The third-order valence-corrected chi connectivity index (χ3v) is 2.97. The van der Waals surface area contributed by atoms with Crippen LogP contribution in [-0.4, -0.2) is 22.6 Å². The van der Waals surface area contributed by atoms with Gasteiger partial charge in [0.15, 0.2) is 5.82 Å². The number of hydrogen-bond acceptors (Lipinski definition) is 4. The Hall–Kier alpha value is -2.69. The highest BCUT2D eigenvalue weighted by Crippen LogP contribution is 2.10. The van der Waals surface area contributed by atoms with E-state index in [1.165, 1.54) is 0 Å². The number of anilines is 2. The molecule has 2 N–H and O–H groups in total. The Bertz CT molecular complexity index is 622. The molecule has 0 aliphatic rings. The topological polar surface area (TPSA) is 66.9 Å². The van der Waals surface area contributed by atoms with Gasteiger partial charge in [-0.25, -0.2) is 0 Å². The molecule has 0 saturated heterocycles. The second kappa shape index (κ2) is 7.19. The number of hydrogen-bond donors (Lipinski definition) is 2. The summed E-state index contributed by atoms with van der Waals surface area (Å²) < 4.78 is 0. The Kier molecular flexibility index (Phi) is 5.04. The molecule has 1 aromatic carbocycles. The van der Waals surface area contributed by atoms with Gasteiger partial charge in [0.2, 0.25) is 5.91 Å². The first-order chi connectivity index (χ1) is 10.2. The fraction of sp³-hybridized carbons (Fsp3) is 0.188. The number of amides is 1. The number of aryl methyl sites for hydroxylation is 1. The normalized spacial score (nSPS) is 9.95. The summed E-state index contributed by atoms with van der Waals surface area (Å²) in [4.78, 5) is 12.0. The van der Waals surface area contributed by atoms with Crippen molar-refractivity contribution in [2.24, 2.45) is 0 Å². The number of rotatable bonds is 6. The lowest BCUT2D eigenvalue weighted by Gasteiger charge is -2.07. The Labute approximate surface area is 124 Å². The summed E-state index contributed by atoms with van der Waals surface area (Å²) in [5, 5.41) is 13.7. The van der Waals surface area contributed by atoms with E-state index in [0.717, 1.165) is 11.1 Å². The van der Waals surface area contributed by atoms with Crippen LogP contribution in [0.4, 0.5) is 11.6 Å². The summed E-state index contributed by atoms with van der Waals surface area (Å²) in [5.41, 5.74) is 2.11. The highest BCUT2D eigenvalue weighted by atomic mass is 16.1. The first-order valence-electron chi connectivity index (χ1n) is 6.72. The molecule has 5 heteroatoms. The third-order valence-electron chi connectivity index (χ3n) is 2.97. The van der Waals surface area contributed by atoms with Crippen LogP contribution in [-0.2, 0) is 11.2 Å². The van der Waals surface area contributed by atoms with Crippen LogP contribution < -0.4 is 10.6 Å². The van der Waals surface area contributed by atoms with Gasteiger partial charge in [-0.05, 0) is 30.2 Å². The smallest absolute Gasteiger partial charge is 0.230 e. The van der Waals surface area contributed by atoms with Gasteiger partial charge in [0.05, 0.1) is 6.42 Å². The fourth-order valence-electron chi connectivity index (χ4n) is 1.84. The molecule has 0 aliphatic heterocycles. The largest absolute Gasteiger partial charge is 0.365 e. The van der Waals surface area contributed by atoms with Crippen LogP contribution in [0, 0.1) is 6.92 Å². The van der Waals surface area contributed by atoms with E-state index in [1.54, 1.807) is 18.2 Å². The standard InChI is InChI=1S/C16H18N4O/c1-3-10-17-14-8-9-15(20-19-14)18-16(21)11-13-7-5-4-6-12(13)2/h3-9H,1,10-11H2,2H3,(H,17,19)(H,18,20,21). The van der Waals surface area contributed by atoms with E-state index < -0.39 is 0 Å². The van der Waals surface area contributed by atoms with E-state index in [9.17, 15) is 4.79 Å². The maximum atomic E-state index is 12.0. The summed E-state index contributed by atoms with van der Waals surface area (Å²) in [6.45, 7) is 6.22. The van der Waals surface area contributed by atoms with Gasteiger partial charge in [0, 0.05) is 6.54 Å². The van der Waals surface area contributed by atoms with Crippen LogP contribution in [0.25, 0.3) is 0 Å². The van der Waals surface area contributed by atoms with Crippen LogP contribution in [0.1, 0.15) is 11.1 Å². The average molecular weight is 282 g/mol. The van der Waals surface area contributed by atoms with E-state index in [4.69, 9.17) is 0 Å². The van der Waals surface area contributed by atoms with Crippen LogP contribution in [0.15, 0.2) is 49.1 Å². The molecule has 0 unspecified atom stereocenters. The number of carbonyl (C=O) groups excluding carboxylic acids is 1. The minimum atomic E-state index is -0.106. The lowest BCUT2D eigenvalue weighted by Crippen LogP contribution is -2.16. The maximum Gasteiger partial charge on any atom is 0.230 e.